The molecular weight excluding hydrogens is 426 g/mol. The molecule has 1 aliphatic rings. The summed E-state index contributed by atoms with van der Waals surface area (Å²) < 4.78 is 48.3. The lowest BCUT2D eigenvalue weighted by atomic mass is 10.0. The largest absolute Gasteiger partial charge is 0.405 e. The molecule has 1 aliphatic carbocycles. The number of nitrogens with zero attached hydrogens (tertiary/aromatic N) is 5. The Balaban J connectivity index is 2.13. The fourth-order valence-electron chi connectivity index (χ4n) is 3.84. The fraction of sp³-hybridized carbons (Fsp3) is 0.368. The van der Waals surface area contributed by atoms with Gasteiger partial charge in [0.25, 0.3) is 6.43 Å². The predicted octanol–water partition coefficient (Wildman–Crippen LogP) is 2.64. The van der Waals surface area contributed by atoms with E-state index in [0.29, 0.717) is 52.2 Å². The summed E-state index contributed by atoms with van der Waals surface area (Å²) in [5, 5.41) is 11.1. The first-order valence-electron chi connectivity index (χ1n) is 9.50. The summed E-state index contributed by atoms with van der Waals surface area (Å²) in [5.41, 5.74) is 8.50. The molecule has 164 valence electrons. The van der Waals surface area contributed by atoms with Gasteiger partial charge in [-0.1, -0.05) is 0 Å². The molecule has 1 atom stereocenters. The molecule has 4 rings (SSSR count). The summed E-state index contributed by atoms with van der Waals surface area (Å²) in [7, 11) is -1.47. The molecule has 0 amide bonds. The SMILES string of the molecule is CN=C(C=CN)c1cc(C2(S(C)(=N)=O)CC2)c2c(n1)c(-c1ccn[nH]1)nn2CC(F)F. The van der Waals surface area contributed by atoms with Gasteiger partial charge in [-0.25, -0.2) is 18.0 Å². The molecule has 3 aromatic heterocycles. The molecular formula is C19H22F2N8OS. The van der Waals surface area contributed by atoms with Crippen LogP contribution in [-0.4, -0.2) is 54.6 Å². The molecule has 0 aromatic carbocycles. The molecule has 9 nitrogen and oxygen atoms in total. The summed E-state index contributed by atoms with van der Waals surface area (Å²) in [4.78, 5) is 8.88. The zero-order valence-corrected chi connectivity index (χ0v) is 17.8. The number of nitrogens with one attached hydrogen (secondary N) is 2. The van der Waals surface area contributed by atoms with Gasteiger partial charge in [0.2, 0.25) is 0 Å². The molecule has 0 radical (unpaired) electrons. The number of aromatic amines is 1. The van der Waals surface area contributed by atoms with Crippen LogP contribution in [0, 0.1) is 4.78 Å². The van der Waals surface area contributed by atoms with Gasteiger partial charge in [0.1, 0.15) is 17.8 Å². The Bertz CT molecular complexity index is 1290. The Morgan fingerprint density at radius 3 is 2.77 bits per heavy atom. The Hall–Kier alpha value is -3.15. The van der Waals surface area contributed by atoms with Crippen molar-refractivity contribution in [2.24, 2.45) is 10.7 Å². The van der Waals surface area contributed by atoms with Crippen molar-refractivity contribution in [1.29, 1.82) is 4.78 Å². The first-order valence-corrected chi connectivity index (χ1v) is 11.5. The van der Waals surface area contributed by atoms with Crippen LogP contribution in [0.25, 0.3) is 22.4 Å². The predicted molar refractivity (Wildman–Crippen MR) is 115 cm³/mol. The number of hydrogen-bond donors (Lipinski definition) is 3. The number of rotatable bonds is 7. The van der Waals surface area contributed by atoms with Crippen molar-refractivity contribution in [2.75, 3.05) is 13.3 Å². The second-order valence-corrected chi connectivity index (χ2v) is 9.92. The number of pyridine rings is 1. The maximum absolute atomic E-state index is 13.4. The highest BCUT2D eigenvalue weighted by Gasteiger charge is 2.53. The number of hydrogen-bond acceptors (Lipinski definition) is 7. The average molecular weight is 449 g/mol. The van der Waals surface area contributed by atoms with Gasteiger partial charge in [0.15, 0.2) is 0 Å². The van der Waals surface area contributed by atoms with Gasteiger partial charge >= 0.3 is 0 Å². The first-order chi connectivity index (χ1) is 14.7. The van der Waals surface area contributed by atoms with Crippen molar-refractivity contribution >= 4 is 26.5 Å². The van der Waals surface area contributed by atoms with Crippen LogP contribution in [0.2, 0.25) is 0 Å². The van der Waals surface area contributed by atoms with Crippen molar-refractivity contribution in [3.63, 3.8) is 0 Å². The summed E-state index contributed by atoms with van der Waals surface area (Å²) in [6.45, 7) is -0.658. The highest BCUT2D eigenvalue weighted by atomic mass is 32.2. The maximum Gasteiger partial charge on any atom is 0.257 e. The maximum atomic E-state index is 13.4. The molecule has 0 spiro atoms. The summed E-state index contributed by atoms with van der Waals surface area (Å²) >= 11 is 0. The monoisotopic (exact) mass is 448 g/mol. The van der Waals surface area contributed by atoms with E-state index >= 15 is 0 Å². The molecule has 1 saturated carbocycles. The molecule has 1 unspecified atom stereocenters. The van der Waals surface area contributed by atoms with E-state index in [2.05, 4.69) is 25.3 Å². The van der Waals surface area contributed by atoms with E-state index < -0.39 is 27.4 Å². The van der Waals surface area contributed by atoms with Crippen molar-refractivity contribution in [3.8, 4) is 11.4 Å². The van der Waals surface area contributed by atoms with Crippen LogP contribution in [0.3, 0.4) is 0 Å². The van der Waals surface area contributed by atoms with E-state index in [-0.39, 0.29) is 0 Å². The van der Waals surface area contributed by atoms with E-state index in [1.54, 1.807) is 25.3 Å². The molecule has 0 saturated heterocycles. The number of H-pyrrole nitrogens is 1. The zero-order chi connectivity index (χ0) is 22.4. The van der Waals surface area contributed by atoms with Crippen LogP contribution in [0.1, 0.15) is 24.1 Å². The van der Waals surface area contributed by atoms with E-state index in [1.165, 1.54) is 23.3 Å². The van der Waals surface area contributed by atoms with Crippen LogP contribution in [-0.2, 0) is 21.0 Å². The Morgan fingerprint density at radius 2 is 2.26 bits per heavy atom. The minimum Gasteiger partial charge on any atom is -0.405 e. The van der Waals surface area contributed by atoms with Gasteiger partial charge in [0, 0.05) is 25.1 Å². The zero-order valence-electron chi connectivity index (χ0n) is 17.0. The molecule has 0 aliphatic heterocycles. The van der Waals surface area contributed by atoms with Crippen molar-refractivity contribution < 1.29 is 13.0 Å². The summed E-state index contributed by atoms with van der Waals surface area (Å²) in [6.07, 6.45) is 4.16. The normalized spacial score (nSPS) is 18.2. The first kappa shape index (κ1) is 21.1. The molecule has 3 heterocycles. The third-order valence-electron chi connectivity index (χ3n) is 5.46. The molecule has 1 fully saturated rings. The second-order valence-electron chi connectivity index (χ2n) is 7.45. The van der Waals surface area contributed by atoms with E-state index in [4.69, 9.17) is 10.5 Å². The lowest BCUT2D eigenvalue weighted by Gasteiger charge is -2.19. The average Bonchev–Trinajstić information content (AvgIpc) is 3.22. The highest BCUT2D eigenvalue weighted by Crippen LogP contribution is 2.55. The minimum atomic E-state index is -3.05. The van der Waals surface area contributed by atoms with Crippen LogP contribution < -0.4 is 5.73 Å². The Labute approximate surface area is 177 Å². The number of nitrogens with two attached hydrogens (primary N) is 1. The van der Waals surface area contributed by atoms with Crippen LogP contribution >= 0.6 is 0 Å². The van der Waals surface area contributed by atoms with Crippen LogP contribution in [0.15, 0.2) is 35.6 Å². The van der Waals surface area contributed by atoms with Gasteiger partial charge in [-0.05, 0) is 37.3 Å². The molecule has 3 aromatic rings. The number of allylic oxidation sites excluding steroid dienone is 1. The second kappa shape index (κ2) is 7.52. The van der Waals surface area contributed by atoms with Crippen molar-refractivity contribution in [2.45, 2.75) is 30.6 Å². The molecule has 31 heavy (non-hydrogen) atoms. The minimum absolute atomic E-state index is 0.340. The van der Waals surface area contributed by atoms with E-state index in [0.717, 1.165) is 0 Å². The third kappa shape index (κ3) is 3.50. The molecule has 0 bridgehead atoms. The lowest BCUT2D eigenvalue weighted by molar-refractivity contribution is 0.123. The standard InChI is InChI=1S/C19H22F2N8OS/c1-24-12(3-7-22)14-9-11(19(5-6-19)31(2,23)30)18-17(26-14)16(13-4-8-25-27-13)28-29(18)10-15(20)21/h3-4,7-9,15,23H,5-6,10,22H2,1-2H3,(H,25,27). The van der Waals surface area contributed by atoms with Gasteiger partial charge < -0.3 is 5.73 Å². The van der Waals surface area contributed by atoms with Gasteiger partial charge in [-0.3, -0.25) is 19.6 Å². The van der Waals surface area contributed by atoms with E-state index in [9.17, 15) is 13.0 Å². The Morgan fingerprint density at radius 1 is 1.52 bits per heavy atom. The van der Waals surface area contributed by atoms with Gasteiger partial charge in [-0.2, -0.15) is 10.2 Å². The third-order valence-corrected chi connectivity index (χ3v) is 7.58. The van der Waals surface area contributed by atoms with Crippen LogP contribution in [0.4, 0.5) is 8.78 Å². The summed E-state index contributed by atoms with van der Waals surface area (Å²) in [5.74, 6) is 0. The fourth-order valence-corrected chi connectivity index (χ4v) is 5.30. The van der Waals surface area contributed by atoms with Crippen molar-refractivity contribution in [1.82, 2.24) is 25.0 Å². The van der Waals surface area contributed by atoms with E-state index in [1.807, 2.05) is 0 Å². The molecule has 12 heteroatoms. The number of alkyl halides is 2. The highest BCUT2D eigenvalue weighted by molar-refractivity contribution is 7.93. The Kier molecular flexibility index (Phi) is 5.12. The summed E-state index contributed by atoms with van der Waals surface area (Å²) in [6, 6.07) is 3.34. The molecule has 4 N–H and O–H groups in total. The lowest BCUT2D eigenvalue weighted by Crippen LogP contribution is -2.21. The van der Waals surface area contributed by atoms with Crippen molar-refractivity contribution in [3.05, 3.63) is 41.9 Å². The number of aliphatic imine (C=N–C) groups is 1. The quantitative estimate of drug-likeness (QED) is 0.477. The number of halogens is 2. The number of fused-ring (bicyclic) bond motifs is 1. The smallest absolute Gasteiger partial charge is 0.257 e. The van der Waals surface area contributed by atoms with Crippen LogP contribution in [0.5, 0.6) is 0 Å². The topological polar surface area (TPSA) is 139 Å². The van der Waals surface area contributed by atoms with Gasteiger partial charge in [-0.15, -0.1) is 0 Å². The van der Waals surface area contributed by atoms with Gasteiger partial charge in [0.05, 0.1) is 37.1 Å². The number of aromatic nitrogens is 5.